The van der Waals surface area contributed by atoms with E-state index in [0.29, 0.717) is 0 Å². The summed E-state index contributed by atoms with van der Waals surface area (Å²) < 4.78 is 4.29. The van der Waals surface area contributed by atoms with Crippen molar-refractivity contribution in [2.24, 2.45) is 0 Å². The molecule has 3 nitrogen and oxygen atoms in total. The molecule has 0 unspecified atom stereocenters. The monoisotopic (exact) mass is 302 g/mol. The van der Waals surface area contributed by atoms with E-state index in [-0.39, 0.29) is 0 Å². The zero-order valence-electron chi connectivity index (χ0n) is 13.1. The largest absolute Gasteiger partial charge is 0.237 e. The smallest absolute Gasteiger partial charge is 0.169 e. The number of rotatable bonds is 3. The van der Waals surface area contributed by atoms with Crippen molar-refractivity contribution in [3.05, 3.63) is 84.5 Å². The fraction of sp³-hybridized carbons (Fsp3) is 0.200. The number of para-hydroxylation sites is 1. The molecule has 1 aliphatic rings. The molecule has 0 aliphatic heterocycles. The molecular formula is C20H20N3+. The van der Waals surface area contributed by atoms with Crippen LogP contribution in [0.1, 0.15) is 24.1 Å². The van der Waals surface area contributed by atoms with Crippen molar-refractivity contribution >= 4 is 5.57 Å². The van der Waals surface area contributed by atoms with Gasteiger partial charge in [-0.2, -0.15) is 5.10 Å². The molecule has 2 aromatic heterocycles. The summed E-state index contributed by atoms with van der Waals surface area (Å²) in [6.45, 7) is 0.909. The van der Waals surface area contributed by atoms with Crippen LogP contribution in [0.4, 0.5) is 0 Å². The van der Waals surface area contributed by atoms with Gasteiger partial charge in [-0.15, -0.1) is 0 Å². The van der Waals surface area contributed by atoms with Crippen molar-refractivity contribution in [1.29, 1.82) is 0 Å². The lowest BCUT2D eigenvalue weighted by atomic mass is 9.92. The molecule has 0 N–H and O–H groups in total. The Kier molecular flexibility index (Phi) is 3.76. The molecule has 0 spiro atoms. The van der Waals surface area contributed by atoms with Gasteiger partial charge >= 0.3 is 0 Å². The SMILES string of the molecule is C(C[n+]1ccccc1)=C1CCCc2c1cnn2-c1ccccc1. The second kappa shape index (κ2) is 6.21. The first-order valence-corrected chi connectivity index (χ1v) is 8.17. The maximum atomic E-state index is 4.64. The summed E-state index contributed by atoms with van der Waals surface area (Å²) in [5.74, 6) is 0. The molecule has 0 fully saturated rings. The number of benzene rings is 1. The molecule has 0 radical (unpaired) electrons. The van der Waals surface area contributed by atoms with Gasteiger partial charge in [0.2, 0.25) is 0 Å². The van der Waals surface area contributed by atoms with Crippen LogP contribution in [-0.4, -0.2) is 9.78 Å². The third-order valence-electron chi connectivity index (χ3n) is 4.40. The Balaban J connectivity index is 1.66. The van der Waals surface area contributed by atoms with E-state index >= 15 is 0 Å². The minimum absolute atomic E-state index is 0.909. The number of aromatic nitrogens is 3. The molecule has 0 bridgehead atoms. The summed E-state index contributed by atoms with van der Waals surface area (Å²) in [4.78, 5) is 0. The second-order valence-corrected chi connectivity index (χ2v) is 5.91. The van der Waals surface area contributed by atoms with E-state index in [1.807, 2.05) is 18.3 Å². The number of hydrogen-bond donors (Lipinski definition) is 0. The van der Waals surface area contributed by atoms with Crippen LogP contribution >= 0.6 is 0 Å². The molecule has 0 saturated heterocycles. The molecule has 0 amide bonds. The normalized spacial score (nSPS) is 15.6. The Morgan fingerprint density at radius 2 is 1.78 bits per heavy atom. The first-order chi connectivity index (χ1) is 11.4. The van der Waals surface area contributed by atoms with Crippen molar-refractivity contribution in [2.45, 2.75) is 25.8 Å². The second-order valence-electron chi connectivity index (χ2n) is 5.91. The predicted molar refractivity (Wildman–Crippen MR) is 91.1 cm³/mol. The average molecular weight is 302 g/mol. The van der Waals surface area contributed by atoms with Gasteiger partial charge in [-0.1, -0.05) is 24.3 Å². The Morgan fingerprint density at radius 3 is 2.61 bits per heavy atom. The highest BCUT2D eigenvalue weighted by atomic mass is 15.3. The zero-order chi connectivity index (χ0) is 15.5. The summed E-state index contributed by atoms with van der Waals surface area (Å²) in [5.41, 5.74) is 5.22. The molecule has 1 aliphatic carbocycles. The van der Waals surface area contributed by atoms with Crippen LogP contribution in [0.5, 0.6) is 0 Å². The zero-order valence-corrected chi connectivity index (χ0v) is 13.1. The topological polar surface area (TPSA) is 21.7 Å². The van der Waals surface area contributed by atoms with Crippen LogP contribution in [0.25, 0.3) is 11.3 Å². The average Bonchev–Trinajstić information content (AvgIpc) is 3.06. The molecule has 3 aromatic rings. The standard InChI is InChI=1S/C20H20N3/c1-3-9-18(10-4-1)23-20-11-7-8-17(19(20)16-21-23)12-15-22-13-5-2-6-14-22/h1-6,9-10,12-14,16H,7-8,11,15H2/q+1. The number of nitrogens with zero attached hydrogens (tertiary/aromatic N) is 3. The highest BCUT2D eigenvalue weighted by Gasteiger charge is 2.20. The number of allylic oxidation sites excluding steroid dienone is 2. The fourth-order valence-electron chi connectivity index (χ4n) is 3.24. The Bertz CT molecular complexity index is 817. The van der Waals surface area contributed by atoms with E-state index < -0.39 is 0 Å². The highest BCUT2D eigenvalue weighted by molar-refractivity contribution is 5.69. The maximum Gasteiger partial charge on any atom is 0.169 e. The van der Waals surface area contributed by atoms with Crippen molar-refractivity contribution < 1.29 is 4.57 Å². The Labute approximate surface area is 136 Å². The van der Waals surface area contributed by atoms with Crippen molar-refractivity contribution in [2.75, 3.05) is 0 Å². The van der Waals surface area contributed by atoms with Gasteiger partial charge < -0.3 is 0 Å². The van der Waals surface area contributed by atoms with Crippen LogP contribution in [0.15, 0.2) is 73.2 Å². The van der Waals surface area contributed by atoms with E-state index in [1.54, 1.807) is 0 Å². The minimum Gasteiger partial charge on any atom is -0.237 e. The van der Waals surface area contributed by atoms with Crippen LogP contribution in [0.2, 0.25) is 0 Å². The number of fused-ring (bicyclic) bond motifs is 1. The Hall–Kier alpha value is -2.68. The Morgan fingerprint density at radius 1 is 1.00 bits per heavy atom. The molecule has 114 valence electrons. The molecule has 0 saturated carbocycles. The van der Waals surface area contributed by atoms with E-state index in [0.717, 1.165) is 25.1 Å². The van der Waals surface area contributed by atoms with Crippen LogP contribution in [0.3, 0.4) is 0 Å². The summed E-state index contributed by atoms with van der Waals surface area (Å²) in [6.07, 6.45) is 12.0. The summed E-state index contributed by atoms with van der Waals surface area (Å²) in [6, 6.07) is 16.6. The molecule has 3 heteroatoms. The van der Waals surface area contributed by atoms with E-state index in [9.17, 15) is 0 Å². The van der Waals surface area contributed by atoms with Gasteiger partial charge in [0.15, 0.2) is 18.9 Å². The molecule has 2 heterocycles. The predicted octanol–water partition coefficient (Wildman–Crippen LogP) is 3.58. The lowest BCUT2D eigenvalue weighted by Crippen LogP contribution is -2.31. The molecular weight excluding hydrogens is 282 g/mol. The fourth-order valence-corrected chi connectivity index (χ4v) is 3.24. The summed E-state index contributed by atoms with van der Waals surface area (Å²) >= 11 is 0. The summed E-state index contributed by atoms with van der Waals surface area (Å²) in [7, 11) is 0. The van der Waals surface area contributed by atoms with E-state index in [1.165, 1.54) is 23.3 Å². The van der Waals surface area contributed by atoms with E-state index in [4.69, 9.17) is 0 Å². The van der Waals surface area contributed by atoms with Crippen molar-refractivity contribution in [1.82, 2.24) is 9.78 Å². The maximum absolute atomic E-state index is 4.64. The van der Waals surface area contributed by atoms with Gasteiger partial charge in [0, 0.05) is 17.7 Å². The summed E-state index contributed by atoms with van der Waals surface area (Å²) in [5, 5.41) is 4.64. The van der Waals surface area contributed by atoms with Gasteiger partial charge in [0.05, 0.1) is 17.6 Å². The van der Waals surface area contributed by atoms with Crippen molar-refractivity contribution in [3.8, 4) is 5.69 Å². The number of pyridine rings is 1. The first kappa shape index (κ1) is 13.9. The van der Waals surface area contributed by atoms with Crippen LogP contribution < -0.4 is 4.57 Å². The highest BCUT2D eigenvalue weighted by Crippen LogP contribution is 2.31. The van der Waals surface area contributed by atoms with Crippen LogP contribution in [0, 0.1) is 0 Å². The quantitative estimate of drug-likeness (QED) is 0.678. The van der Waals surface area contributed by atoms with Crippen molar-refractivity contribution in [3.63, 3.8) is 0 Å². The first-order valence-electron chi connectivity index (χ1n) is 8.17. The van der Waals surface area contributed by atoms with Gasteiger partial charge in [-0.25, -0.2) is 9.25 Å². The molecule has 23 heavy (non-hydrogen) atoms. The molecule has 4 rings (SSSR count). The van der Waals surface area contributed by atoms with Gasteiger partial charge in [0.1, 0.15) is 0 Å². The molecule has 1 aromatic carbocycles. The van der Waals surface area contributed by atoms with Crippen LogP contribution in [-0.2, 0) is 13.0 Å². The lowest BCUT2D eigenvalue weighted by molar-refractivity contribution is -0.686. The van der Waals surface area contributed by atoms with Gasteiger partial charge in [0.25, 0.3) is 0 Å². The number of hydrogen-bond acceptors (Lipinski definition) is 1. The van der Waals surface area contributed by atoms with E-state index in [2.05, 4.69) is 69.2 Å². The third kappa shape index (κ3) is 2.82. The van der Waals surface area contributed by atoms with Gasteiger partial charge in [-0.3, -0.25) is 0 Å². The molecule has 0 atom stereocenters. The lowest BCUT2D eigenvalue weighted by Gasteiger charge is -2.16. The minimum atomic E-state index is 0.909. The van der Waals surface area contributed by atoms with Gasteiger partial charge in [-0.05, 0) is 43.0 Å². The third-order valence-corrected chi connectivity index (χ3v) is 4.40.